The Hall–Kier alpha value is -5.39. The molecule has 5 rings (SSSR count). The van der Waals surface area contributed by atoms with Crippen molar-refractivity contribution < 1.29 is 23.9 Å². The number of anilines is 4. The van der Waals surface area contributed by atoms with Gasteiger partial charge < -0.3 is 30.3 Å². The molecular formula is C33H37N7O5. The van der Waals surface area contributed by atoms with Gasteiger partial charge in [-0.05, 0) is 75.7 Å². The molecule has 0 spiro atoms. The van der Waals surface area contributed by atoms with Crippen LogP contribution in [0.25, 0.3) is 11.0 Å². The van der Waals surface area contributed by atoms with Gasteiger partial charge in [0.05, 0.1) is 10.8 Å². The van der Waals surface area contributed by atoms with Crippen molar-refractivity contribution in [2.45, 2.75) is 46.9 Å². The molecule has 0 bridgehead atoms. The van der Waals surface area contributed by atoms with E-state index >= 15 is 0 Å². The van der Waals surface area contributed by atoms with E-state index < -0.39 is 5.41 Å². The van der Waals surface area contributed by atoms with Gasteiger partial charge in [0.2, 0.25) is 23.6 Å². The number of hydrogen-bond donors (Lipinski definition) is 3. The second kappa shape index (κ2) is 13.1. The highest BCUT2D eigenvalue weighted by Crippen LogP contribution is 2.32. The van der Waals surface area contributed by atoms with Crippen molar-refractivity contribution in [2.75, 3.05) is 29.0 Å². The molecule has 0 aliphatic carbocycles. The van der Waals surface area contributed by atoms with Gasteiger partial charge in [0.25, 0.3) is 0 Å². The van der Waals surface area contributed by atoms with E-state index in [-0.39, 0.29) is 42.4 Å². The summed E-state index contributed by atoms with van der Waals surface area (Å²) in [5, 5.41) is 10.0. The van der Waals surface area contributed by atoms with Crippen molar-refractivity contribution in [1.29, 1.82) is 0 Å². The molecule has 0 radical (unpaired) electrons. The van der Waals surface area contributed by atoms with Crippen LogP contribution < -0.4 is 20.7 Å². The van der Waals surface area contributed by atoms with E-state index in [0.717, 1.165) is 24.3 Å². The third-order valence-corrected chi connectivity index (χ3v) is 7.18. The number of carbonyl (C=O) groups excluding carboxylic acids is 3. The summed E-state index contributed by atoms with van der Waals surface area (Å²) in [5.74, 6) is 0.388. The maximum Gasteiger partial charge on any atom is 0.312 e. The van der Waals surface area contributed by atoms with Gasteiger partial charge in [-0.1, -0.05) is 12.6 Å². The molecule has 1 unspecified atom stereocenters. The lowest BCUT2D eigenvalue weighted by atomic mass is 9.98. The molecule has 12 heteroatoms. The minimum atomic E-state index is -0.656. The first kappa shape index (κ1) is 31.0. The summed E-state index contributed by atoms with van der Waals surface area (Å²) in [5.41, 5.74) is 2.06. The van der Waals surface area contributed by atoms with Crippen LogP contribution >= 0.6 is 0 Å². The van der Waals surface area contributed by atoms with Crippen molar-refractivity contribution in [3.05, 3.63) is 73.4 Å². The monoisotopic (exact) mass is 611 g/mol. The zero-order chi connectivity index (χ0) is 32.1. The molecule has 1 atom stereocenters. The quantitative estimate of drug-likeness (QED) is 0.153. The number of carbonyl (C=O) groups is 3. The van der Waals surface area contributed by atoms with Gasteiger partial charge in [0, 0.05) is 55.4 Å². The Kier molecular flexibility index (Phi) is 9.03. The standard InChI is InChI=1S/C33H37N7O5/c1-6-28(42)35-24-8-7-9-26(18-24)45-30-27-15-17-40(20-44-31(43)33(3,4)5)29(27)37-32(38-30)36-23-12-10-22(11-13-23)34-25-14-16-39(19-25)21(2)41/h6-13,15,17-18,25,34H,1,14,16,19-20H2,2-5H3,(H,35,42)(H,36,37,38). The van der Waals surface area contributed by atoms with E-state index in [9.17, 15) is 14.4 Å². The van der Waals surface area contributed by atoms with Crippen LogP contribution in [0.15, 0.2) is 73.4 Å². The first-order valence-electron chi connectivity index (χ1n) is 14.6. The minimum Gasteiger partial charge on any atom is -0.443 e. The number of fused-ring (bicyclic) bond motifs is 1. The lowest BCUT2D eigenvalue weighted by Gasteiger charge is -2.17. The van der Waals surface area contributed by atoms with Crippen LogP contribution in [0, 0.1) is 5.41 Å². The predicted molar refractivity (Wildman–Crippen MR) is 172 cm³/mol. The fourth-order valence-corrected chi connectivity index (χ4v) is 4.74. The molecule has 45 heavy (non-hydrogen) atoms. The number of nitrogens with zero attached hydrogens (tertiary/aromatic N) is 4. The number of aromatic nitrogens is 3. The molecular weight excluding hydrogens is 574 g/mol. The SMILES string of the molecule is C=CC(=O)Nc1cccc(Oc2nc(Nc3ccc(NC4CCN(C(C)=O)C4)cc3)nc3c2ccn3COC(=O)C(C)(C)C)c1. The normalized spacial score (nSPS) is 14.6. The molecule has 1 aliphatic heterocycles. The third kappa shape index (κ3) is 7.77. The van der Waals surface area contributed by atoms with Crippen LogP contribution in [-0.4, -0.2) is 56.3 Å². The number of esters is 1. The average molecular weight is 612 g/mol. The number of hydrogen-bond acceptors (Lipinski definition) is 9. The fourth-order valence-electron chi connectivity index (χ4n) is 4.74. The minimum absolute atomic E-state index is 0.0405. The van der Waals surface area contributed by atoms with Gasteiger partial charge in [0.15, 0.2) is 12.4 Å². The highest BCUT2D eigenvalue weighted by molar-refractivity contribution is 5.99. The van der Waals surface area contributed by atoms with Crippen LogP contribution in [0.5, 0.6) is 11.6 Å². The molecule has 3 heterocycles. The zero-order valence-corrected chi connectivity index (χ0v) is 25.8. The van der Waals surface area contributed by atoms with Crippen LogP contribution in [0.3, 0.4) is 0 Å². The summed E-state index contributed by atoms with van der Waals surface area (Å²) < 4.78 is 13.5. The number of ether oxygens (including phenoxy) is 2. The molecule has 2 amide bonds. The van der Waals surface area contributed by atoms with Gasteiger partial charge in [0.1, 0.15) is 5.75 Å². The molecule has 3 N–H and O–H groups in total. The summed E-state index contributed by atoms with van der Waals surface area (Å²) in [6, 6.07) is 16.6. The lowest BCUT2D eigenvalue weighted by Crippen LogP contribution is -2.29. The third-order valence-electron chi connectivity index (χ3n) is 7.18. The predicted octanol–water partition coefficient (Wildman–Crippen LogP) is 5.67. The Morgan fingerprint density at radius 3 is 2.49 bits per heavy atom. The van der Waals surface area contributed by atoms with Gasteiger partial charge in [-0.15, -0.1) is 0 Å². The van der Waals surface area contributed by atoms with Crippen LogP contribution in [0.1, 0.15) is 34.1 Å². The number of likely N-dealkylation sites (tertiary alicyclic amines) is 1. The lowest BCUT2D eigenvalue weighted by molar-refractivity contribution is -0.156. The second-order valence-electron chi connectivity index (χ2n) is 11.8. The van der Waals surface area contributed by atoms with Crippen LogP contribution in [-0.2, 0) is 25.9 Å². The van der Waals surface area contributed by atoms with Gasteiger partial charge >= 0.3 is 5.97 Å². The Labute approximate surface area is 261 Å². The molecule has 1 fully saturated rings. The molecule has 2 aromatic carbocycles. The van der Waals surface area contributed by atoms with Gasteiger partial charge in [-0.25, -0.2) is 0 Å². The van der Waals surface area contributed by atoms with E-state index in [1.807, 2.05) is 29.2 Å². The molecule has 4 aromatic rings. The number of rotatable bonds is 10. The van der Waals surface area contributed by atoms with Crippen molar-refractivity contribution in [3.8, 4) is 11.6 Å². The van der Waals surface area contributed by atoms with Crippen LogP contribution in [0.4, 0.5) is 23.0 Å². The molecule has 1 aliphatic rings. The maximum atomic E-state index is 12.5. The summed E-state index contributed by atoms with van der Waals surface area (Å²) in [6.45, 7) is 11.8. The number of nitrogens with one attached hydrogen (secondary N) is 3. The smallest absolute Gasteiger partial charge is 0.312 e. The van der Waals surface area contributed by atoms with E-state index in [1.165, 1.54) is 6.08 Å². The van der Waals surface area contributed by atoms with E-state index in [4.69, 9.17) is 14.5 Å². The van der Waals surface area contributed by atoms with Crippen LogP contribution in [0.2, 0.25) is 0 Å². The van der Waals surface area contributed by atoms with Crippen molar-refractivity contribution >= 4 is 51.8 Å². The second-order valence-corrected chi connectivity index (χ2v) is 11.8. The zero-order valence-electron chi connectivity index (χ0n) is 25.8. The highest BCUT2D eigenvalue weighted by Gasteiger charge is 2.25. The molecule has 2 aromatic heterocycles. The van der Waals surface area contributed by atoms with E-state index in [1.54, 1.807) is 68.8 Å². The molecule has 12 nitrogen and oxygen atoms in total. The molecule has 1 saturated heterocycles. The largest absolute Gasteiger partial charge is 0.443 e. The summed E-state index contributed by atoms with van der Waals surface area (Å²) in [7, 11) is 0. The Morgan fingerprint density at radius 1 is 1.04 bits per heavy atom. The molecule has 0 saturated carbocycles. The Balaban J connectivity index is 1.40. The van der Waals surface area contributed by atoms with Gasteiger partial charge in [-0.2, -0.15) is 9.97 Å². The van der Waals surface area contributed by atoms with Crippen molar-refractivity contribution in [3.63, 3.8) is 0 Å². The number of amides is 2. The molecule has 234 valence electrons. The topological polar surface area (TPSA) is 140 Å². The Morgan fingerprint density at radius 2 is 1.80 bits per heavy atom. The maximum absolute atomic E-state index is 12.5. The first-order valence-corrected chi connectivity index (χ1v) is 14.6. The van der Waals surface area contributed by atoms with Crippen molar-refractivity contribution in [2.24, 2.45) is 5.41 Å². The first-order chi connectivity index (χ1) is 21.5. The highest BCUT2D eigenvalue weighted by atomic mass is 16.5. The van der Waals surface area contributed by atoms with E-state index in [2.05, 4.69) is 27.5 Å². The van der Waals surface area contributed by atoms with Crippen molar-refractivity contribution in [1.82, 2.24) is 19.4 Å². The van der Waals surface area contributed by atoms with E-state index in [0.29, 0.717) is 29.0 Å². The fraction of sp³-hybridized carbons (Fsp3) is 0.303. The summed E-state index contributed by atoms with van der Waals surface area (Å²) >= 11 is 0. The summed E-state index contributed by atoms with van der Waals surface area (Å²) in [4.78, 5) is 47.2. The van der Waals surface area contributed by atoms with Gasteiger partial charge in [-0.3, -0.25) is 19.0 Å². The summed E-state index contributed by atoms with van der Waals surface area (Å²) in [6.07, 6.45) is 3.84. The Bertz CT molecular complexity index is 1730. The number of benzene rings is 2. The average Bonchev–Trinajstić information content (AvgIpc) is 3.64.